The Bertz CT molecular complexity index is 333. The van der Waals surface area contributed by atoms with Crippen LogP contribution in [0.5, 0.6) is 0 Å². The standard InChI is InChI=1S/C8H5IO3/c9-6-1-2-7(8(11)12)5(3-6)4-10/h1-4H,(H,11,12). The Hall–Kier alpha value is -0.910. The zero-order valence-corrected chi connectivity index (χ0v) is 8.11. The average Bonchev–Trinajstić information content (AvgIpc) is 2.03. The van der Waals surface area contributed by atoms with Crippen LogP contribution in [0.2, 0.25) is 0 Å². The molecule has 12 heavy (non-hydrogen) atoms. The van der Waals surface area contributed by atoms with Crippen molar-refractivity contribution in [2.24, 2.45) is 0 Å². The van der Waals surface area contributed by atoms with Crippen LogP contribution >= 0.6 is 22.6 Å². The smallest absolute Gasteiger partial charge is 0.336 e. The van der Waals surface area contributed by atoms with E-state index in [9.17, 15) is 9.59 Å². The molecule has 1 N–H and O–H groups in total. The van der Waals surface area contributed by atoms with Crippen molar-refractivity contribution in [3.8, 4) is 0 Å². The van der Waals surface area contributed by atoms with Gasteiger partial charge in [0, 0.05) is 9.13 Å². The Kier molecular flexibility index (Phi) is 2.80. The topological polar surface area (TPSA) is 54.4 Å². The number of benzene rings is 1. The number of hydrogen-bond acceptors (Lipinski definition) is 2. The summed E-state index contributed by atoms with van der Waals surface area (Å²) in [6.45, 7) is 0. The van der Waals surface area contributed by atoms with Crippen molar-refractivity contribution >= 4 is 34.8 Å². The number of rotatable bonds is 2. The van der Waals surface area contributed by atoms with Crippen LogP contribution in [0, 0.1) is 3.57 Å². The first-order valence-corrected chi connectivity index (χ1v) is 4.21. The minimum atomic E-state index is -1.08. The first-order valence-electron chi connectivity index (χ1n) is 3.13. The van der Waals surface area contributed by atoms with Crippen LogP contribution in [0.25, 0.3) is 0 Å². The quantitative estimate of drug-likeness (QED) is 0.662. The summed E-state index contributed by atoms with van der Waals surface area (Å²) in [5.74, 6) is -1.08. The van der Waals surface area contributed by atoms with Crippen LogP contribution < -0.4 is 0 Å². The van der Waals surface area contributed by atoms with E-state index in [1.165, 1.54) is 12.1 Å². The number of halogens is 1. The van der Waals surface area contributed by atoms with Crippen molar-refractivity contribution in [2.45, 2.75) is 0 Å². The first-order chi connectivity index (χ1) is 5.65. The van der Waals surface area contributed by atoms with Crippen LogP contribution in [0.1, 0.15) is 20.7 Å². The first kappa shape index (κ1) is 9.18. The van der Waals surface area contributed by atoms with E-state index in [1.807, 2.05) is 22.6 Å². The monoisotopic (exact) mass is 276 g/mol. The number of carbonyl (C=O) groups excluding carboxylic acids is 1. The lowest BCUT2D eigenvalue weighted by Gasteiger charge is -1.98. The highest BCUT2D eigenvalue weighted by Gasteiger charge is 2.08. The molecule has 0 unspecified atom stereocenters. The summed E-state index contributed by atoms with van der Waals surface area (Å²) in [5, 5.41) is 8.63. The van der Waals surface area contributed by atoms with E-state index in [4.69, 9.17) is 5.11 Å². The van der Waals surface area contributed by atoms with E-state index in [0.717, 1.165) is 3.57 Å². The summed E-state index contributed by atoms with van der Waals surface area (Å²) >= 11 is 2.02. The third kappa shape index (κ3) is 1.82. The van der Waals surface area contributed by atoms with E-state index < -0.39 is 5.97 Å². The average molecular weight is 276 g/mol. The normalized spacial score (nSPS) is 9.42. The van der Waals surface area contributed by atoms with Crippen molar-refractivity contribution in [1.82, 2.24) is 0 Å². The van der Waals surface area contributed by atoms with Crippen molar-refractivity contribution in [2.75, 3.05) is 0 Å². The van der Waals surface area contributed by atoms with E-state index in [-0.39, 0.29) is 11.1 Å². The lowest BCUT2D eigenvalue weighted by Crippen LogP contribution is -2.01. The number of carbonyl (C=O) groups is 2. The largest absolute Gasteiger partial charge is 0.478 e. The number of aromatic carboxylic acids is 1. The third-order valence-electron chi connectivity index (χ3n) is 1.37. The predicted molar refractivity (Wildman–Crippen MR) is 51.5 cm³/mol. The molecule has 0 aliphatic rings. The molecule has 0 aromatic heterocycles. The SMILES string of the molecule is O=Cc1cc(I)ccc1C(=O)O. The van der Waals surface area contributed by atoms with Gasteiger partial charge in [-0.2, -0.15) is 0 Å². The molecular formula is C8H5IO3. The molecule has 0 amide bonds. The predicted octanol–water partition coefficient (Wildman–Crippen LogP) is 1.80. The summed E-state index contributed by atoms with van der Waals surface area (Å²) in [6.07, 6.45) is 0.547. The Morgan fingerprint density at radius 1 is 1.50 bits per heavy atom. The van der Waals surface area contributed by atoms with Gasteiger partial charge in [0.2, 0.25) is 0 Å². The number of hydrogen-bond donors (Lipinski definition) is 1. The second-order valence-electron chi connectivity index (χ2n) is 2.15. The summed E-state index contributed by atoms with van der Waals surface area (Å²) in [5.41, 5.74) is 0.264. The molecule has 1 aromatic rings. The highest BCUT2D eigenvalue weighted by molar-refractivity contribution is 14.1. The Labute approximate surface area is 82.5 Å². The van der Waals surface area contributed by atoms with Gasteiger partial charge in [-0.15, -0.1) is 0 Å². The molecular weight excluding hydrogens is 271 g/mol. The fourth-order valence-electron chi connectivity index (χ4n) is 0.826. The number of carboxylic acids is 1. The highest BCUT2D eigenvalue weighted by Crippen LogP contribution is 2.11. The fraction of sp³-hybridized carbons (Fsp3) is 0. The maximum atomic E-state index is 10.5. The van der Waals surface area contributed by atoms with Crippen molar-refractivity contribution in [3.05, 3.63) is 32.9 Å². The zero-order valence-electron chi connectivity index (χ0n) is 5.95. The molecule has 0 bridgehead atoms. The Morgan fingerprint density at radius 2 is 2.17 bits per heavy atom. The molecule has 0 saturated heterocycles. The Balaban J connectivity index is 3.29. The maximum absolute atomic E-state index is 10.5. The molecule has 0 aliphatic heterocycles. The molecule has 1 rings (SSSR count). The fourth-order valence-corrected chi connectivity index (χ4v) is 1.34. The summed E-state index contributed by atoms with van der Waals surface area (Å²) in [4.78, 5) is 20.9. The summed E-state index contributed by atoms with van der Waals surface area (Å²) < 4.78 is 0.847. The van der Waals surface area contributed by atoms with Crippen molar-refractivity contribution in [1.29, 1.82) is 0 Å². The van der Waals surface area contributed by atoms with Gasteiger partial charge in [-0.1, -0.05) is 0 Å². The lowest BCUT2D eigenvalue weighted by molar-refractivity contribution is 0.0694. The van der Waals surface area contributed by atoms with Gasteiger partial charge in [0.15, 0.2) is 6.29 Å². The van der Waals surface area contributed by atoms with Gasteiger partial charge in [0.05, 0.1) is 5.56 Å². The molecule has 0 spiro atoms. The molecule has 0 radical (unpaired) electrons. The van der Waals surface area contributed by atoms with E-state index in [1.54, 1.807) is 6.07 Å². The molecule has 0 fully saturated rings. The zero-order chi connectivity index (χ0) is 9.14. The highest BCUT2D eigenvalue weighted by atomic mass is 127. The van der Waals surface area contributed by atoms with Crippen LogP contribution in [-0.2, 0) is 0 Å². The van der Waals surface area contributed by atoms with Gasteiger partial charge in [-0.3, -0.25) is 4.79 Å². The summed E-state index contributed by atoms with van der Waals surface area (Å²) in [7, 11) is 0. The van der Waals surface area contributed by atoms with Gasteiger partial charge in [-0.25, -0.2) is 4.79 Å². The number of carboxylic acid groups (broad SMARTS) is 1. The second kappa shape index (κ2) is 3.66. The molecule has 3 nitrogen and oxygen atoms in total. The molecule has 0 saturated carbocycles. The number of aldehydes is 1. The molecule has 0 heterocycles. The van der Waals surface area contributed by atoms with Crippen molar-refractivity contribution < 1.29 is 14.7 Å². The van der Waals surface area contributed by atoms with Gasteiger partial charge in [0.25, 0.3) is 0 Å². The minimum Gasteiger partial charge on any atom is -0.478 e. The maximum Gasteiger partial charge on any atom is 0.336 e. The third-order valence-corrected chi connectivity index (χ3v) is 2.04. The van der Waals surface area contributed by atoms with Crippen LogP contribution in [0.3, 0.4) is 0 Å². The van der Waals surface area contributed by atoms with Gasteiger partial charge in [0.1, 0.15) is 0 Å². The molecule has 0 aliphatic carbocycles. The van der Waals surface area contributed by atoms with Gasteiger partial charge < -0.3 is 5.11 Å². The van der Waals surface area contributed by atoms with Gasteiger partial charge in [-0.05, 0) is 40.8 Å². The van der Waals surface area contributed by atoms with Gasteiger partial charge >= 0.3 is 5.97 Å². The molecule has 1 aromatic carbocycles. The minimum absolute atomic E-state index is 0.0467. The Morgan fingerprint density at radius 3 is 2.67 bits per heavy atom. The second-order valence-corrected chi connectivity index (χ2v) is 3.40. The van der Waals surface area contributed by atoms with Crippen molar-refractivity contribution in [3.63, 3.8) is 0 Å². The van der Waals surface area contributed by atoms with E-state index in [2.05, 4.69) is 0 Å². The lowest BCUT2D eigenvalue weighted by atomic mass is 10.1. The van der Waals surface area contributed by atoms with E-state index >= 15 is 0 Å². The van der Waals surface area contributed by atoms with E-state index in [0.29, 0.717) is 6.29 Å². The molecule has 62 valence electrons. The van der Waals surface area contributed by atoms with Crippen LogP contribution in [-0.4, -0.2) is 17.4 Å². The summed E-state index contributed by atoms with van der Waals surface area (Å²) in [6, 6.07) is 4.61. The molecule has 0 atom stereocenters. The molecule has 4 heteroatoms. The van der Waals surface area contributed by atoms with Crippen LogP contribution in [0.4, 0.5) is 0 Å². The van der Waals surface area contributed by atoms with Crippen LogP contribution in [0.15, 0.2) is 18.2 Å².